The normalized spacial score (nSPS) is 25.2. The van der Waals surface area contributed by atoms with Gasteiger partial charge in [-0.2, -0.15) is 0 Å². The van der Waals surface area contributed by atoms with Crippen LogP contribution in [0.2, 0.25) is 0 Å². The van der Waals surface area contributed by atoms with Crippen molar-refractivity contribution in [1.82, 2.24) is 10.2 Å². The number of hydrogen-bond donors (Lipinski definition) is 2. The van der Waals surface area contributed by atoms with Gasteiger partial charge in [0.05, 0.1) is 12.0 Å². The third-order valence-corrected chi connectivity index (χ3v) is 4.08. The monoisotopic (exact) mass is 270 g/mol. The quantitative estimate of drug-likeness (QED) is 0.687. The molecule has 1 aliphatic heterocycles. The van der Waals surface area contributed by atoms with Gasteiger partial charge in [-0.05, 0) is 26.7 Å². The van der Waals surface area contributed by atoms with Crippen molar-refractivity contribution in [3.63, 3.8) is 0 Å². The van der Waals surface area contributed by atoms with E-state index < -0.39 is 5.97 Å². The molecule has 0 bridgehead atoms. The second kappa shape index (κ2) is 7.48. The van der Waals surface area contributed by atoms with Crippen molar-refractivity contribution in [3.05, 3.63) is 0 Å². The number of carbonyl (C=O) groups excluding carboxylic acids is 1. The Hall–Kier alpha value is -1.10. The highest BCUT2D eigenvalue weighted by Crippen LogP contribution is 2.26. The molecule has 1 rings (SSSR count). The van der Waals surface area contributed by atoms with E-state index in [1.165, 1.54) is 0 Å². The van der Waals surface area contributed by atoms with Crippen LogP contribution in [-0.2, 0) is 9.59 Å². The first kappa shape index (κ1) is 16.0. The van der Waals surface area contributed by atoms with E-state index in [0.29, 0.717) is 19.5 Å². The molecule has 1 heterocycles. The fourth-order valence-corrected chi connectivity index (χ4v) is 2.73. The van der Waals surface area contributed by atoms with Gasteiger partial charge in [0, 0.05) is 19.1 Å². The highest BCUT2D eigenvalue weighted by atomic mass is 16.4. The fraction of sp³-hybridized carbons (Fsp3) is 0.857. The van der Waals surface area contributed by atoms with Gasteiger partial charge in [-0.15, -0.1) is 0 Å². The summed E-state index contributed by atoms with van der Waals surface area (Å²) in [7, 11) is 0. The molecule has 0 spiro atoms. The minimum absolute atomic E-state index is 0.00833. The Kier molecular flexibility index (Phi) is 6.28. The summed E-state index contributed by atoms with van der Waals surface area (Å²) in [6.45, 7) is 7.27. The van der Waals surface area contributed by atoms with Gasteiger partial charge in [-0.1, -0.05) is 19.8 Å². The Morgan fingerprint density at radius 1 is 1.42 bits per heavy atom. The summed E-state index contributed by atoms with van der Waals surface area (Å²) in [5.41, 5.74) is 0. The second-order valence-electron chi connectivity index (χ2n) is 5.39. The van der Waals surface area contributed by atoms with Gasteiger partial charge in [0.2, 0.25) is 5.91 Å². The van der Waals surface area contributed by atoms with Crippen LogP contribution in [0, 0.1) is 5.92 Å². The molecule has 2 N–H and O–H groups in total. The number of amides is 1. The number of nitrogens with zero attached hydrogens (tertiary/aromatic N) is 1. The van der Waals surface area contributed by atoms with Crippen LogP contribution in [-0.4, -0.2) is 47.1 Å². The Morgan fingerprint density at radius 2 is 2.11 bits per heavy atom. The first-order valence-electron chi connectivity index (χ1n) is 7.25. The molecular formula is C14H26N2O3. The number of carboxylic acid groups (broad SMARTS) is 1. The number of carboxylic acids is 1. The summed E-state index contributed by atoms with van der Waals surface area (Å²) in [5, 5.41) is 12.0. The van der Waals surface area contributed by atoms with Crippen molar-refractivity contribution >= 4 is 11.9 Å². The largest absolute Gasteiger partial charge is 0.481 e. The molecule has 19 heavy (non-hydrogen) atoms. The van der Waals surface area contributed by atoms with E-state index >= 15 is 0 Å². The van der Waals surface area contributed by atoms with E-state index in [9.17, 15) is 9.59 Å². The smallest absolute Gasteiger partial charge is 0.308 e. The standard InChI is InChI=1S/C14H26N2O3/c1-4-5-6-8-15-13(17)11(3)16-9-7-12(10(16)2)14(18)19/h10-12H,4-9H2,1-3H3,(H,15,17)(H,18,19). The minimum atomic E-state index is -0.759. The maximum absolute atomic E-state index is 12.0. The molecule has 0 aromatic carbocycles. The van der Waals surface area contributed by atoms with Crippen LogP contribution < -0.4 is 5.32 Å². The minimum Gasteiger partial charge on any atom is -0.481 e. The zero-order valence-corrected chi connectivity index (χ0v) is 12.2. The van der Waals surface area contributed by atoms with Gasteiger partial charge < -0.3 is 10.4 Å². The number of hydrogen-bond acceptors (Lipinski definition) is 3. The molecule has 1 fully saturated rings. The summed E-state index contributed by atoms with van der Waals surface area (Å²) >= 11 is 0. The maximum atomic E-state index is 12.0. The van der Waals surface area contributed by atoms with Crippen LogP contribution in [0.1, 0.15) is 46.5 Å². The number of likely N-dealkylation sites (tertiary alicyclic amines) is 1. The third-order valence-electron chi connectivity index (χ3n) is 4.08. The number of nitrogens with one attached hydrogen (secondary N) is 1. The highest BCUT2D eigenvalue weighted by molar-refractivity contribution is 5.81. The van der Waals surface area contributed by atoms with E-state index in [-0.39, 0.29) is 23.9 Å². The van der Waals surface area contributed by atoms with E-state index in [0.717, 1.165) is 19.3 Å². The zero-order valence-electron chi connectivity index (χ0n) is 12.2. The molecule has 0 aromatic heterocycles. The Balaban J connectivity index is 2.42. The summed E-state index contributed by atoms with van der Waals surface area (Å²) in [6.07, 6.45) is 3.89. The maximum Gasteiger partial charge on any atom is 0.308 e. The Labute approximate surface area is 115 Å². The lowest BCUT2D eigenvalue weighted by Crippen LogP contribution is -2.48. The molecule has 1 aliphatic rings. The first-order valence-corrected chi connectivity index (χ1v) is 7.25. The van der Waals surface area contributed by atoms with Gasteiger partial charge in [-0.3, -0.25) is 14.5 Å². The lowest BCUT2D eigenvalue weighted by atomic mass is 10.0. The van der Waals surface area contributed by atoms with E-state index in [4.69, 9.17) is 5.11 Å². The molecular weight excluding hydrogens is 244 g/mol. The predicted octanol–water partition coefficient (Wildman–Crippen LogP) is 1.48. The van der Waals surface area contributed by atoms with Crippen molar-refractivity contribution in [3.8, 4) is 0 Å². The van der Waals surface area contributed by atoms with Crippen molar-refractivity contribution in [1.29, 1.82) is 0 Å². The van der Waals surface area contributed by atoms with E-state index in [2.05, 4.69) is 12.2 Å². The number of rotatable bonds is 7. The van der Waals surface area contributed by atoms with Crippen LogP contribution >= 0.6 is 0 Å². The topological polar surface area (TPSA) is 69.6 Å². The lowest BCUT2D eigenvalue weighted by Gasteiger charge is -2.28. The van der Waals surface area contributed by atoms with Crippen LogP contribution in [0.25, 0.3) is 0 Å². The van der Waals surface area contributed by atoms with Crippen LogP contribution in [0.4, 0.5) is 0 Å². The van der Waals surface area contributed by atoms with Crippen molar-refractivity contribution in [2.75, 3.05) is 13.1 Å². The second-order valence-corrected chi connectivity index (χ2v) is 5.39. The van der Waals surface area contributed by atoms with Crippen molar-refractivity contribution in [2.45, 2.75) is 58.5 Å². The highest BCUT2D eigenvalue weighted by Gasteiger charge is 2.39. The van der Waals surface area contributed by atoms with Crippen molar-refractivity contribution in [2.24, 2.45) is 5.92 Å². The Bertz CT molecular complexity index is 320. The summed E-state index contributed by atoms with van der Waals surface area (Å²) in [6, 6.07) is -0.324. The van der Waals surface area contributed by atoms with Gasteiger partial charge >= 0.3 is 5.97 Å². The van der Waals surface area contributed by atoms with E-state index in [1.807, 2.05) is 18.7 Å². The molecule has 0 aromatic rings. The molecule has 0 aliphatic carbocycles. The summed E-state index contributed by atoms with van der Waals surface area (Å²) < 4.78 is 0. The Morgan fingerprint density at radius 3 is 2.63 bits per heavy atom. The average molecular weight is 270 g/mol. The summed E-state index contributed by atoms with van der Waals surface area (Å²) in [5.74, 6) is -1.10. The predicted molar refractivity (Wildman–Crippen MR) is 73.9 cm³/mol. The van der Waals surface area contributed by atoms with Gasteiger partial charge in [0.1, 0.15) is 0 Å². The van der Waals surface area contributed by atoms with Crippen LogP contribution in [0.15, 0.2) is 0 Å². The van der Waals surface area contributed by atoms with Crippen LogP contribution in [0.3, 0.4) is 0 Å². The average Bonchev–Trinajstić information content (AvgIpc) is 2.75. The molecule has 0 saturated carbocycles. The molecule has 5 nitrogen and oxygen atoms in total. The fourth-order valence-electron chi connectivity index (χ4n) is 2.73. The molecule has 5 heteroatoms. The zero-order chi connectivity index (χ0) is 14.4. The first-order chi connectivity index (χ1) is 8.99. The van der Waals surface area contributed by atoms with Crippen molar-refractivity contribution < 1.29 is 14.7 Å². The van der Waals surface area contributed by atoms with Gasteiger partial charge in [-0.25, -0.2) is 0 Å². The number of unbranched alkanes of at least 4 members (excludes halogenated alkanes) is 2. The molecule has 3 unspecified atom stereocenters. The number of aliphatic carboxylic acids is 1. The lowest BCUT2D eigenvalue weighted by molar-refractivity contribution is -0.143. The molecule has 1 amide bonds. The third kappa shape index (κ3) is 4.20. The molecule has 0 radical (unpaired) electrons. The molecule has 1 saturated heterocycles. The SMILES string of the molecule is CCCCCNC(=O)C(C)N1CCC(C(=O)O)C1C. The number of carbonyl (C=O) groups is 2. The van der Waals surface area contributed by atoms with Gasteiger partial charge in [0.15, 0.2) is 0 Å². The van der Waals surface area contributed by atoms with Gasteiger partial charge in [0.25, 0.3) is 0 Å². The van der Waals surface area contributed by atoms with E-state index in [1.54, 1.807) is 0 Å². The van der Waals surface area contributed by atoms with Crippen LogP contribution in [0.5, 0.6) is 0 Å². The molecule has 110 valence electrons. The summed E-state index contributed by atoms with van der Waals surface area (Å²) in [4.78, 5) is 25.1. The molecule has 3 atom stereocenters.